The molecule has 0 aliphatic heterocycles. The van der Waals surface area contributed by atoms with E-state index >= 15 is 0 Å². The number of nitrogen functional groups attached to an aromatic ring is 1. The van der Waals surface area contributed by atoms with Gasteiger partial charge in [-0.2, -0.15) is 0 Å². The van der Waals surface area contributed by atoms with Crippen LogP contribution in [0.3, 0.4) is 0 Å². The number of anilines is 1. The number of hydrazine groups is 1. The van der Waals surface area contributed by atoms with E-state index in [1.54, 1.807) is 12.1 Å². The SMILES string of the molecule is NNc1cnc(COc2cccc([N+](=O)[O-])c2)cn1. The normalized spacial score (nSPS) is 9.95. The van der Waals surface area contributed by atoms with Crippen molar-refractivity contribution in [3.05, 3.63) is 52.5 Å². The first-order valence-electron chi connectivity index (χ1n) is 5.34. The molecule has 0 saturated carbocycles. The predicted molar refractivity (Wildman–Crippen MR) is 67.3 cm³/mol. The van der Waals surface area contributed by atoms with Crippen LogP contribution in [0.2, 0.25) is 0 Å². The van der Waals surface area contributed by atoms with Crippen molar-refractivity contribution in [2.24, 2.45) is 5.84 Å². The van der Waals surface area contributed by atoms with Crippen LogP contribution in [-0.4, -0.2) is 14.9 Å². The van der Waals surface area contributed by atoms with Crippen LogP contribution in [0.4, 0.5) is 11.5 Å². The standard InChI is InChI=1S/C11H11N5O3/c12-15-11-6-13-8(5-14-11)7-19-10-3-1-2-9(4-10)16(17)18/h1-6H,7,12H2,(H,14,15). The molecule has 2 rings (SSSR count). The Morgan fingerprint density at radius 1 is 1.37 bits per heavy atom. The number of aromatic nitrogens is 2. The van der Waals surface area contributed by atoms with Crippen LogP contribution in [0.1, 0.15) is 5.69 Å². The van der Waals surface area contributed by atoms with Gasteiger partial charge in [0.1, 0.15) is 12.4 Å². The molecule has 3 N–H and O–H groups in total. The second kappa shape index (κ2) is 5.74. The summed E-state index contributed by atoms with van der Waals surface area (Å²) in [6, 6.07) is 5.94. The Labute approximate surface area is 108 Å². The molecule has 8 nitrogen and oxygen atoms in total. The number of hydrogen-bond donors (Lipinski definition) is 2. The zero-order valence-electron chi connectivity index (χ0n) is 9.81. The van der Waals surface area contributed by atoms with Crippen molar-refractivity contribution >= 4 is 11.5 Å². The molecular weight excluding hydrogens is 250 g/mol. The first kappa shape index (κ1) is 12.7. The summed E-state index contributed by atoms with van der Waals surface area (Å²) in [6.45, 7) is 0.166. The van der Waals surface area contributed by atoms with Gasteiger partial charge >= 0.3 is 0 Å². The Kier molecular flexibility index (Phi) is 3.84. The molecule has 1 aromatic heterocycles. The number of rotatable bonds is 5. The molecule has 1 aromatic carbocycles. The van der Waals surface area contributed by atoms with Crippen LogP contribution < -0.4 is 16.0 Å². The van der Waals surface area contributed by atoms with Crippen LogP contribution >= 0.6 is 0 Å². The summed E-state index contributed by atoms with van der Waals surface area (Å²) < 4.78 is 5.40. The maximum Gasteiger partial charge on any atom is 0.273 e. The highest BCUT2D eigenvalue weighted by molar-refractivity contribution is 5.38. The fourth-order valence-corrected chi connectivity index (χ4v) is 1.35. The molecule has 8 heteroatoms. The maximum absolute atomic E-state index is 10.6. The lowest BCUT2D eigenvalue weighted by Crippen LogP contribution is -2.09. The molecule has 0 saturated heterocycles. The van der Waals surface area contributed by atoms with E-state index in [0.717, 1.165) is 0 Å². The van der Waals surface area contributed by atoms with Gasteiger partial charge < -0.3 is 10.2 Å². The van der Waals surface area contributed by atoms with Crippen molar-refractivity contribution < 1.29 is 9.66 Å². The molecule has 0 unspecified atom stereocenters. The summed E-state index contributed by atoms with van der Waals surface area (Å²) in [5.74, 6) is 6.01. The van der Waals surface area contributed by atoms with Crippen molar-refractivity contribution in [1.29, 1.82) is 0 Å². The third-order valence-electron chi connectivity index (χ3n) is 2.27. The molecule has 2 aromatic rings. The molecule has 98 valence electrons. The molecule has 0 radical (unpaired) electrons. The van der Waals surface area contributed by atoms with Crippen LogP contribution in [0.25, 0.3) is 0 Å². The van der Waals surface area contributed by atoms with Crippen molar-refractivity contribution in [2.45, 2.75) is 6.61 Å². The number of ether oxygens (including phenoxy) is 1. The number of nitrogens with zero attached hydrogens (tertiary/aromatic N) is 3. The van der Waals surface area contributed by atoms with E-state index in [-0.39, 0.29) is 12.3 Å². The average Bonchev–Trinajstić information content (AvgIpc) is 2.46. The average molecular weight is 261 g/mol. The lowest BCUT2D eigenvalue weighted by Gasteiger charge is -2.05. The predicted octanol–water partition coefficient (Wildman–Crippen LogP) is 1.25. The summed E-state index contributed by atoms with van der Waals surface area (Å²) in [5, 5.41) is 10.6. The van der Waals surface area contributed by atoms with Gasteiger partial charge in [0.05, 0.1) is 29.1 Å². The molecule has 0 spiro atoms. The Bertz CT molecular complexity index is 573. The van der Waals surface area contributed by atoms with E-state index in [9.17, 15) is 10.1 Å². The number of nitrogens with one attached hydrogen (secondary N) is 1. The van der Waals surface area contributed by atoms with Gasteiger partial charge in [-0.05, 0) is 6.07 Å². The third-order valence-corrected chi connectivity index (χ3v) is 2.27. The lowest BCUT2D eigenvalue weighted by atomic mass is 10.3. The number of nitro groups is 1. The zero-order valence-corrected chi connectivity index (χ0v) is 9.81. The molecule has 0 aliphatic rings. The summed E-state index contributed by atoms with van der Waals surface area (Å²) in [7, 11) is 0. The first-order valence-corrected chi connectivity index (χ1v) is 5.34. The minimum atomic E-state index is -0.478. The molecule has 0 aliphatic carbocycles. The van der Waals surface area contributed by atoms with Crippen molar-refractivity contribution in [3.8, 4) is 5.75 Å². The number of nitrogens with two attached hydrogens (primary N) is 1. The smallest absolute Gasteiger partial charge is 0.273 e. The van der Waals surface area contributed by atoms with E-state index in [1.807, 2.05) is 0 Å². The van der Waals surface area contributed by atoms with Crippen molar-refractivity contribution in [1.82, 2.24) is 9.97 Å². The highest BCUT2D eigenvalue weighted by atomic mass is 16.6. The lowest BCUT2D eigenvalue weighted by molar-refractivity contribution is -0.384. The maximum atomic E-state index is 10.6. The number of nitro benzene ring substituents is 1. The van der Waals surface area contributed by atoms with Crippen LogP contribution in [-0.2, 0) is 6.61 Å². The fourth-order valence-electron chi connectivity index (χ4n) is 1.35. The van der Waals surface area contributed by atoms with Gasteiger partial charge in [0.2, 0.25) is 0 Å². The van der Waals surface area contributed by atoms with Gasteiger partial charge in [0, 0.05) is 6.07 Å². The number of benzene rings is 1. The second-order valence-corrected chi connectivity index (χ2v) is 3.58. The van der Waals surface area contributed by atoms with E-state index in [0.29, 0.717) is 17.3 Å². The summed E-state index contributed by atoms with van der Waals surface area (Å²) >= 11 is 0. The Balaban J connectivity index is 2.01. The van der Waals surface area contributed by atoms with E-state index in [4.69, 9.17) is 10.6 Å². The second-order valence-electron chi connectivity index (χ2n) is 3.58. The van der Waals surface area contributed by atoms with E-state index < -0.39 is 4.92 Å². The van der Waals surface area contributed by atoms with Gasteiger partial charge in [-0.25, -0.2) is 10.8 Å². The van der Waals surface area contributed by atoms with Crippen LogP contribution in [0.5, 0.6) is 5.75 Å². The third kappa shape index (κ3) is 3.36. The Morgan fingerprint density at radius 2 is 2.21 bits per heavy atom. The molecule has 0 fully saturated rings. The molecular formula is C11H11N5O3. The first-order chi connectivity index (χ1) is 9.19. The largest absolute Gasteiger partial charge is 0.487 e. The molecule has 0 atom stereocenters. The Morgan fingerprint density at radius 3 is 2.84 bits per heavy atom. The molecule has 0 bridgehead atoms. The van der Waals surface area contributed by atoms with Gasteiger partial charge in [0.15, 0.2) is 5.82 Å². The molecule has 0 amide bonds. The minimum absolute atomic E-state index is 0.0220. The van der Waals surface area contributed by atoms with Crippen LogP contribution in [0.15, 0.2) is 36.7 Å². The van der Waals surface area contributed by atoms with Crippen molar-refractivity contribution in [2.75, 3.05) is 5.43 Å². The van der Waals surface area contributed by atoms with E-state index in [1.165, 1.54) is 24.5 Å². The van der Waals surface area contributed by atoms with Gasteiger partial charge in [-0.1, -0.05) is 6.07 Å². The summed E-state index contributed by atoms with van der Waals surface area (Å²) in [6.07, 6.45) is 2.97. The number of non-ortho nitro benzene ring substituents is 1. The Hall–Kier alpha value is -2.74. The topological polar surface area (TPSA) is 116 Å². The molecule has 19 heavy (non-hydrogen) atoms. The fraction of sp³-hybridized carbons (Fsp3) is 0.0909. The summed E-state index contributed by atoms with van der Waals surface area (Å²) in [5.41, 5.74) is 2.92. The van der Waals surface area contributed by atoms with E-state index in [2.05, 4.69) is 15.4 Å². The highest BCUT2D eigenvalue weighted by Gasteiger charge is 2.06. The highest BCUT2D eigenvalue weighted by Crippen LogP contribution is 2.19. The van der Waals surface area contributed by atoms with Crippen LogP contribution in [0, 0.1) is 10.1 Å². The quantitative estimate of drug-likeness (QED) is 0.472. The van der Waals surface area contributed by atoms with Gasteiger partial charge in [-0.15, -0.1) is 0 Å². The summed E-state index contributed by atoms with van der Waals surface area (Å²) in [4.78, 5) is 18.2. The van der Waals surface area contributed by atoms with Gasteiger partial charge in [0.25, 0.3) is 5.69 Å². The molecule has 1 heterocycles. The number of hydrogen-bond acceptors (Lipinski definition) is 7. The van der Waals surface area contributed by atoms with Gasteiger partial charge in [-0.3, -0.25) is 15.1 Å². The monoisotopic (exact) mass is 261 g/mol. The zero-order chi connectivity index (χ0) is 13.7. The minimum Gasteiger partial charge on any atom is -0.487 e. The van der Waals surface area contributed by atoms with Crippen molar-refractivity contribution in [3.63, 3.8) is 0 Å².